The summed E-state index contributed by atoms with van der Waals surface area (Å²) in [6.07, 6.45) is 1.66. The third-order valence-electron chi connectivity index (χ3n) is 3.00. The molecule has 0 bridgehead atoms. The second-order valence-electron chi connectivity index (χ2n) is 4.95. The Bertz CT molecular complexity index is 297. The van der Waals surface area contributed by atoms with E-state index in [2.05, 4.69) is 0 Å². The molecule has 110 valence electrons. The summed E-state index contributed by atoms with van der Waals surface area (Å²) in [4.78, 5) is 23.9. The standard InChI is InChI=1S/C13H23NO5/c1-10(2)19-9-12(15)14-6-3-11(4-7-14)18-8-5-13(16)17/h10-11H,3-9H2,1-2H3,(H,16,17). The van der Waals surface area contributed by atoms with Crippen molar-refractivity contribution in [1.82, 2.24) is 4.90 Å². The van der Waals surface area contributed by atoms with Crippen molar-refractivity contribution in [2.24, 2.45) is 0 Å². The second-order valence-corrected chi connectivity index (χ2v) is 4.95. The van der Waals surface area contributed by atoms with Gasteiger partial charge in [0.05, 0.1) is 25.2 Å². The summed E-state index contributed by atoms with van der Waals surface area (Å²) in [7, 11) is 0. The molecule has 0 atom stereocenters. The van der Waals surface area contributed by atoms with Crippen LogP contribution in [0.5, 0.6) is 0 Å². The third kappa shape index (κ3) is 6.54. The lowest BCUT2D eigenvalue weighted by Crippen LogP contribution is -2.42. The second kappa shape index (κ2) is 8.12. The number of likely N-dealkylation sites (tertiary alicyclic amines) is 1. The zero-order valence-corrected chi connectivity index (χ0v) is 11.6. The van der Waals surface area contributed by atoms with Gasteiger partial charge in [-0.15, -0.1) is 0 Å². The molecular weight excluding hydrogens is 250 g/mol. The molecule has 0 spiro atoms. The molecule has 1 aliphatic heterocycles. The van der Waals surface area contributed by atoms with Crippen LogP contribution in [0.25, 0.3) is 0 Å². The summed E-state index contributed by atoms with van der Waals surface area (Å²) < 4.78 is 10.8. The molecule has 19 heavy (non-hydrogen) atoms. The van der Waals surface area contributed by atoms with Crippen molar-refractivity contribution in [1.29, 1.82) is 0 Å². The van der Waals surface area contributed by atoms with Crippen molar-refractivity contribution in [2.45, 2.75) is 45.3 Å². The van der Waals surface area contributed by atoms with Crippen LogP contribution in [0, 0.1) is 0 Å². The Kier molecular flexibility index (Phi) is 6.80. The van der Waals surface area contributed by atoms with Crippen molar-refractivity contribution in [3.05, 3.63) is 0 Å². The van der Waals surface area contributed by atoms with E-state index in [1.807, 2.05) is 13.8 Å². The molecule has 0 radical (unpaired) electrons. The number of nitrogens with zero attached hydrogens (tertiary/aromatic N) is 1. The zero-order valence-electron chi connectivity index (χ0n) is 11.6. The van der Waals surface area contributed by atoms with E-state index >= 15 is 0 Å². The third-order valence-corrected chi connectivity index (χ3v) is 3.00. The van der Waals surface area contributed by atoms with Crippen LogP contribution in [-0.2, 0) is 19.1 Å². The van der Waals surface area contributed by atoms with E-state index in [9.17, 15) is 9.59 Å². The number of rotatable bonds is 7. The first-order valence-electron chi connectivity index (χ1n) is 6.71. The molecule has 0 aromatic heterocycles. The highest BCUT2D eigenvalue weighted by atomic mass is 16.5. The van der Waals surface area contributed by atoms with E-state index in [1.54, 1.807) is 4.90 Å². The van der Waals surface area contributed by atoms with E-state index in [0.29, 0.717) is 13.1 Å². The number of hydrogen-bond acceptors (Lipinski definition) is 4. The zero-order chi connectivity index (χ0) is 14.3. The van der Waals surface area contributed by atoms with Gasteiger partial charge in [0.25, 0.3) is 0 Å². The van der Waals surface area contributed by atoms with Gasteiger partial charge < -0.3 is 19.5 Å². The molecule has 0 aliphatic carbocycles. The number of carbonyl (C=O) groups excluding carboxylic acids is 1. The molecule has 6 heteroatoms. The van der Waals surface area contributed by atoms with Gasteiger partial charge in [0.1, 0.15) is 6.61 Å². The maximum atomic E-state index is 11.8. The molecule has 1 saturated heterocycles. The molecule has 0 aromatic rings. The monoisotopic (exact) mass is 273 g/mol. The fourth-order valence-corrected chi connectivity index (χ4v) is 1.91. The summed E-state index contributed by atoms with van der Waals surface area (Å²) in [6.45, 7) is 5.47. The van der Waals surface area contributed by atoms with Crippen molar-refractivity contribution in [3.8, 4) is 0 Å². The van der Waals surface area contributed by atoms with Crippen molar-refractivity contribution < 1.29 is 24.2 Å². The number of hydrogen-bond donors (Lipinski definition) is 1. The Morgan fingerprint density at radius 3 is 2.47 bits per heavy atom. The Labute approximate surface area is 113 Å². The topological polar surface area (TPSA) is 76.1 Å². The summed E-state index contributed by atoms with van der Waals surface area (Å²) in [5.74, 6) is -0.837. The lowest BCUT2D eigenvalue weighted by Gasteiger charge is -2.32. The van der Waals surface area contributed by atoms with Crippen LogP contribution in [0.1, 0.15) is 33.1 Å². The molecule has 0 saturated carbocycles. The number of ether oxygens (including phenoxy) is 2. The minimum atomic E-state index is -0.849. The van der Waals surface area contributed by atoms with Gasteiger partial charge >= 0.3 is 5.97 Å². The van der Waals surface area contributed by atoms with E-state index in [-0.39, 0.29) is 37.7 Å². The average molecular weight is 273 g/mol. The van der Waals surface area contributed by atoms with Crippen LogP contribution in [-0.4, -0.2) is 60.4 Å². The van der Waals surface area contributed by atoms with Gasteiger partial charge in [0.15, 0.2) is 0 Å². The van der Waals surface area contributed by atoms with Gasteiger partial charge in [-0.25, -0.2) is 0 Å². The fraction of sp³-hybridized carbons (Fsp3) is 0.846. The fourth-order valence-electron chi connectivity index (χ4n) is 1.91. The van der Waals surface area contributed by atoms with Crippen LogP contribution in [0.4, 0.5) is 0 Å². The lowest BCUT2D eigenvalue weighted by molar-refractivity contribution is -0.140. The molecule has 6 nitrogen and oxygen atoms in total. The van der Waals surface area contributed by atoms with E-state index in [4.69, 9.17) is 14.6 Å². The quantitative estimate of drug-likeness (QED) is 0.745. The van der Waals surface area contributed by atoms with Gasteiger partial charge in [0, 0.05) is 13.1 Å². The van der Waals surface area contributed by atoms with E-state index in [0.717, 1.165) is 12.8 Å². The van der Waals surface area contributed by atoms with Crippen LogP contribution in [0.2, 0.25) is 0 Å². The first-order valence-corrected chi connectivity index (χ1v) is 6.71. The number of amides is 1. The van der Waals surface area contributed by atoms with Gasteiger partial charge in [-0.05, 0) is 26.7 Å². The van der Waals surface area contributed by atoms with Crippen LogP contribution in [0.3, 0.4) is 0 Å². The predicted octanol–water partition coefficient (Wildman–Crippen LogP) is 0.894. The molecule has 1 N–H and O–H groups in total. The molecule has 1 amide bonds. The van der Waals surface area contributed by atoms with E-state index < -0.39 is 5.97 Å². The van der Waals surface area contributed by atoms with Gasteiger partial charge in [-0.2, -0.15) is 0 Å². The Morgan fingerprint density at radius 2 is 1.95 bits per heavy atom. The van der Waals surface area contributed by atoms with Crippen molar-refractivity contribution >= 4 is 11.9 Å². The number of carboxylic acid groups (broad SMARTS) is 1. The molecule has 1 heterocycles. The molecule has 1 rings (SSSR count). The Balaban J connectivity index is 2.17. The minimum absolute atomic E-state index is 0.0117. The summed E-state index contributed by atoms with van der Waals surface area (Å²) >= 11 is 0. The van der Waals surface area contributed by atoms with Crippen molar-refractivity contribution in [3.63, 3.8) is 0 Å². The number of carbonyl (C=O) groups is 2. The SMILES string of the molecule is CC(C)OCC(=O)N1CCC(OCCC(=O)O)CC1. The highest BCUT2D eigenvalue weighted by Crippen LogP contribution is 2.14. The summed E-state index contributed by atoms with van der Waals surface area (Å²) in [5, 5.41) is 8.51. The molecule has 1 aliphatic rings. The van der Waals surface area contributed by atoms with Gasteiger partial charge in [0.2, 0.25) is 5.91 Å². The molecular formula is C13H23NO5. The molecule has 1 fully saturated rings. The minimum Gasteiger partial charge on any atom is -0.481 e. The molecule has 0 unspecified atom stereocenters. The van der Waals surface area contributed by atoms with Crippen LogP contribution >= 0.6 is 0 Å². The average Bonchev–Trinajstić information content (AvgIpc) is 2.36. The first kappa shape index (κ1) is 15.9. The predicted molar refractivity (Wildman–Crippen MR) is 68.9 cm³/mol. The number of piperidine rings is 1. The highest BCUT2D eigenvalue weighted by Gasteiger charge is 2.23. The van der Waals surface area contributed by atoms with Crippen LogP contribution in [0.15, 0.2) is 0 Å². The molecule has 0 aromatic carbocycles. The van der Waals surface area contributed by atoms with Gasteiger partial charge in [-0.3, -0.25) is 9.59 Å². The summed E-state index contributed by atoms with van der Waals surface area (Å²) in [6, 6.07) is 0. The maximum absolute atomic E-state index is 11.8. The summed E-state index contributed by atoms with van der Waals surface area (Å²) in [5.41, 5.74) is 0. The normalized spacial score (nSPS) is 16.9. The highest BCUT2D eigenvalue weighted by molar-refractivity contribution is 5.77. The lowest BCUT2D eigenvalue weighted by atomic mass is 10.1. The first-order chi connectivity index (χ1) is 8.99. The van der Waals surface area contributed by atoms with Gasteiger partial charge in [-0.1, -0.05) is 0 Å². The van der Waals surface area contributed by atoms with Crippen LogP contribution < -0.4 is 0 Å². The maximum Gasteiger partial charge on any atom is 0.305 e. The number of carboxylic acids is 1. The van der Waals surface area contributed by atoms with E-state index in [1.165, 1.54) is 0 Å². The Hall–Kier alpha value is -1.14. The largest absolute Gasteiger partial charge is 0.481 e. The smallest absolute Gasteiger partial charge is 0.305 e. The number of aliphatic carboxylic acids is 1. The Morgan fingerprint density at radius 1 is 1.32 bits per heavy atom. The van der Waals surface area contributed by atoms with Crippen molar-refractivity contribution in [2.75, 3.05) is 26.3 Å².